The van der Waals surface area contributed by atoms with Gasteiger partial charge >= 0.3 is 0 Å². The summed E-state index contributed by atoms with van der Waals surface area (Å²) in [7, 11) is 0. The first kappa shape index (κ1) is 11.0. The van der Waals surface area contributed by atoms with E-state index in [2.05, 4.69) is 12.2 Å². The Labute approximate surface area is 95.5 Å². The summed E-state index contributed by atoms with van der Waals surface area (Å²) in [5, 5.41) is 3.40. The lowest BCUT2D eigenvalue weighted by Gasteiger charge is -2.10. The SMILES string of the molecule is Cc1ccc(CNC(C)Cc2ccco2)o1. The number of nitrogens with one attached hydrogen (secondary N) is 1. The highest BCUT2D eigenvalue weighted by molar-refractivity contribution is 5.05. The minimum atomic E-state index is 0.372. The van der Waals surface area contributed by atoms with Gasteiger partial charge in [-0.05, 0) is 38.1 Å². The maximum Gasteiger partial charge on any atom is 0.117 e. The molecular formula is C13H17NO2. The van der Waals surface area contributed by atoms with Gasteiger partial charge in [0, 0.05) is 12.5 Å². The van der Waals surface area contributed by atoms with Crippen LogP contribution in [0.5, 0.6) is 0 Å². The molecule has 0 saturated heterocycles. The first-order valence-electron chi connectivity index (χ1n) is 5.55. The number of hydrogen-bond donors (Lipinski definition) is 1. The molecular weight excluding hydrogens is 202 g/mol. The second kappa shape index (κ2) is 5.03. The summed E-state index contributed by atoms with van der Waals surface area (Å²) in [6.07, 6.45) is 2.60. The summed E-state index contributed by atoms with van der Waals surface area (Å²) in [6, 6.07) is 8.26. The molecule has 86 valence electrons. The van der Waals surface area contributed by atoms with Crippen molar-refractivity contribution in [3.63, 3.8) is 0 Å². The van der Waals surface area contributed by atoms with E-state index in [1.54, 1.807) is 6.26 Å². The summed E-state index contributed by atoms with van der Waals surface area (Å²) >= 11 is 0. The average Bonchev–Trinajstić information content (AvgIpc) is 2.87. The van der Waals surface area contributed by atoms with Crippen molar-refractivity contribution in [1.82, 2.24) is 5.32 Å². The van der Waals surface area contributed by atoms with Crippen molar-refractivity contribution >= 4 is 0 Å². The van der Waals surface area contributed by atoms with E-state index in [9.17, 15) is 0 Å². The lowest BCUT2D eigenvalue weighted by molar-refractivity contribution is 0.419. The van der Waals surface area contributed by atoms with Crippen LogP contribution in [-0.2, 0) is 13.0 Å². The molecule has 0 amide bonds. The Kier molecular flexibility index (Phi) is 3.47. The summed E-state index contributed by atoms with van der Waals surface area (Å²) < 4.78 is 10.8. The minimum Gasteiger partial charge on any atom is -0.469 e. The predicted octanol–water partition coefficient (Wildman–Crippen LogP) is 2.90. The van der Waals surface area contributed by atoms with Crippen LogP contribution in [0.2, 0.25) is 0 Å². The third-order valence-corrected chi connectivity index (χ3v) is 2.51. The fraction of sp³-hybridized carbons (Fsp3) is 0.385. The van der Waals surface area contributed by atoms with Crippen LogP contribution in [0.15, 0.2) is 39.4 Å². The van der Waals surface area contributed by atoms with Crippen molar-refractivity contribution in [3.8, 4) is 0 Å². The van der Waals surface area contributed by atoms with Gasteiger partial charge in [0.2, 0.25) is 0 Å². The van der Waals surface area contributed by atoms with E-state index in [1.807, 2.05) is 31.2 Å². The zero-order valence-corrected chi connectivity index (χ0v) is 9.69. The molecule has 0 aliphatic heterocycles. The van der Waals surface area contributed by atoms with Crippen LogP contribution >= 0.6 is 0 Å². The molecule has 0 radical (unpaired) electrons. The minimum absolute atomic E-state index is 0.372. The first-order valence-corrected chi connectivity index (χ1v) is 5.55. The Bertz CT molecular complexity index is 417. The molecule has 0 saturated carbocycles. The molecule has 0 spiro atoms. The molecule has 1 N–H and O–H groups in total. The lowest BCUT2D eigenvalue weighted by atomic mass is 10.2. The highest BCUT2D eigenvalue weighted by atomic mass is 16.3. The maximum absolute atomic E-state index is 5.48. The monoisotopic (exact) mass is 219 g/mol. The van der Waals surface area contributed by atoms with Crippen LogP contribution in [0.1, 0.15) is 24.2 Å². The van der Waals surface area contributed by atoms with Crippen LogP contribution in [0.25, 0.3) is 0 Å². The lowest BCUT2D eigenvalue weighted by Crippen LogP contribution is -2.27. The standard InChI is InChI=1S/C13H17NO2/c1-10(8-12-4-3-7-15-12)14-9-13-6-5-11(2)16-13/h3-7,10,14H,8-9H2,1-2H3. The van der Waals surface area contributed by atoms with E-state index in [1.165, 1.54) is 0 Å². The topological polar surface area (TPSA) is 38.3 Å². The van der Waals surface area contributed by atoms with E-state index < -0.39 is 0 Å². The van der Waals surface area contributed by atoms with E-state index in [-0.39, 0.29) is 0 Å². The largest absolute Gasteiger partial charge is 0.469 e. The summed E-state index contributed by atoms with van der Waals surface area (Å²) in [6.45, 7) is 4.85. The Balaban J connectivity index is 1.77. The van der Waals surface area contributed by atoms with E-state index in [0.29, 0.717) is 6.04 Å². The van der Waals surface area contributed by atoms with E-state index >= 15 is 0 Å². The van der Waals surface area contributed by atoms with Gasteiger partial charge in [-0.3, -0.25) is 0 Å². The van der Waals surface area contributed by atoms with Crippen LogP contribution in [0, 0.1) is 6.92 Å². The van der Waals surface area contributed by atoms with Gasteiger partial charge < -0.3 is 14.2 Å². The second-order valence-electron chi connectivity index (χ2n) is 4.08. The quantitative estimate of drug-likeness (QED) is 0.840. The van der Waals surface area contributed by atoms with Gasteiger partial charge in [-0.15, -0.1) is 0 Å². The van der Waals surface area contributed by atoms with Gasteiger partial charge in [0.25, 0.3) is 0 Å². The third-order valence-electron chi connectivity index (χ3n) is 2.51. The van der Waals surface area contributed by atoms with Crippen LogP contribution in [0.3, 0.4) is 0 Å². The van der Waals surface area contributed by atoms with E-state index in [4.69, 9.17) is 8.83 Å². The van der Waals surface area contributed by atoms with Crippen LogP contribution < -0.4 is 5.32 Å². The molecule has 0 aliphatic carbocycles. The number of rotatable bonds is 5. The van der Waals surface area contributed by atoms with Crippen molar-refractivity contribution in [2.75, 3.05) is 0 Å². The van der Waals surface area contributed by atoms with Crippen molar-refractivity contribution in [2.24, 2.45) is 0 Å². The van der Waals surface area contributed by atoms with E-state index in [0.717, 1.165) is 30.2 Å². The summed E-state index contributed by atoms with van der Waals surface area (Å²) in [4.78, 5) is 0. The molecule has 2 aromatic heterocycles. The van der Waals surface area contributed by atoms with Crippen LogP contribution in [0.4, 0.5) is 0 Å². The molecule has 1 unspecified atom stereocenters. The molecule has 3 heteroatoms. The fourth-order valence-electron chi connectivity index (χ4n) is 1.66. The Morgan fingerprint density at radius 3 is 2.75 bits per heavy atom. The normalized spacial score (nSPS) is 12.9. The second-order valence-corrected chi connectivity index (χ2v) is 4.08. The number of aryl methyl sites for hydroxylation is 1. The highest BCUT2D eigenvalue weighted by Crippen LogP contribution is 2.07. The Morgan fingerprint density at radius 2 is 2.12 bits per heavy atom. The number of hydrogen-bond acceptors (Lipinski definition) is 3. The van der Waals surface area contributed by atoms with Crippen molar-refractivity contribution < 1.29 is 8.83 Å². The Hall–Kier alpha value is -1.48. The van der Waals surface area contributed by atoms with Gasteiger partial charge in [-0.2, -0.15) is 0 Å². The molecule has 16 heavy (non-hydrogen) atoms. The van der Waals surface area contributed by atoms with Crippen molar-refractivity contribution in [1.29, 1.82) is 0 Å². The zero-order chi connectivity index (χ0) is 11.4. The highest BCUT2D eigenvalue weighted by Gasteiger charge is 2.06. The smallest absolute Gasteiger partial charge is 0.117 e. The van der Waals surface area contributed by atoms with Gasteiger partial charge in [0.1, 0.15) is 17.3 Å². The van der Waals surface area contributed by atoms with Gasteiger partial charge in [0.15, 0.2) is 0 Å². The van der Waals surface area contributed by atoms with Crippen molar-refractivity contribution in [3.05, 3.63) is 47.8 Å². The fourth-order valence-corrected chi connectivity index (χ4v) is 1.66. The first-order chi connectivity index (χ1) is 7.74. The van der Waals surface area contributed by atoms with Gasteiger partial charge in [-0.1, -0.05) is 0 Å². The Morgan fingerprint density at radius 1 is 1.25 bits per heavy atom. The molecule has 0 bridgehead atoms. The molecule has 0 fully saturated rings. The molecule has 2 rings (SSSR count). The molecule has 0 aromatic carbocycles. The summed E-state index contributed by atoms with van der Waals surface area (Å²) in [5.74, 6) is 2.94. The van der Waals surface area contributed by atoms with Crippen molar-refractivity contribution in [2.45, 2.75) is 32.9 Å². The average molecular weight is 219 g/mol. The molecule has 1 atom stereocenters. The zero-order valence-electron chi connectivity index (χ0n) is 9.69. The third kappa shape index (κ3) is 3.00. The molecule has 2 aromatic rings. The van der Waals surface area contributed by atoms with Gasteiger partial charge in [0.05, 0.1) is 12.8 Å². The molecule has 0 aliphatic rings. The molecule has 2 heterocycles. The number of furan rings is 2. The predicted molar refractivity (Wildman–Crippen MR) is 62.2 cm³/mol. The van der Waals surface area contributed by atoms with Gasteiger partial charge in [-0.25, -0.2) is 0 Å². The summed E-state index contributed by atoms with van der Waals surface area (Å²) in [5.41, 5.74) is 0. The van der Waals surface area contributed by atoms with Crippen LogP contribution in [-0.4, -0.2) is 6.04 Å². The molecule has 3 nitrogen and oxygen atoms in total. The maximum atomic E-state index is 5.48.